The molecule has 0 bridgehead atoms. The molecule has 0 saturated heterocycles. The second-order valence-electron chi connectivity index (χ2n) is 9.47. The summed E-state index contributed by atoms with van der Waals surface area (Å²) in [5, 5.41) is 20.1. The molecule has 2 N–H and O–H groups in total. The summed E-state index contributed by atoms with van der Waals surface area (Å²) < 4.78 is 0. The van der Waals surface area contributed by atoms with Crippen LogP contribution < -0.4 is 0 Å². The standard InChI is InChI=1S/C36H26N2O2/c39-33-13-9-31(10-14-33)36(32-11-15-34(40)16-12-32)35(29-5-1-25(2-6-29)27-17-21-37-22-18-27)30-7-3-26(4-8-30)28-19-23-38-24-20-28/h1-24,39-40H. The van der Waals surface area contributed by atoms with E-state index in [1.165, 1.54) is 0 Å². The lowest BCUT2D eigenvalue weighted by molar-refractivity contribution is 0.475. The zero-order chi connectivity index (χ0) is 27.3. The summed E-state index contributed by atoms with van der Waals surface area (Å²) in [5.41, 5.74) is 10.5. The molecule has 6 aromatic rings. The molecule has 4 heteroatoms. The Morgan fingerprint density at radius 2 is 0.575 bits per heavy atom. The van der Waals surface area contributed by atoms with Crippen LogP contribution in [-0.4, -0.2) is 20.2 Å². The lowest BCUT2D eigenvalue weighted by Crippen LogP contribution is -1.98. The van der Waals surface area contributed by atoms with Crippen molar-refractivity contribution >= 4 is 11.1 Å². The van der Waals surface area contributed by atoms with E-state index in [-0.39, 0.29) is 11.5 Å². The minimum absolute atomic E-state index is 0.207. The number of pyridine rings is 2. The molecule has 0 unspecified atom stereocenters. The van der Waals surface area contributed by atoms with Gasteiger partial charge in [0.2, 0.25) is 0 Å². The van der Waals surface area contributed by atoms with Gasteiger partial charge in [0.05, 0.1) is 0 Å². The molecular weight excluding hydrogens is 492 g/mol. The van der Waals surface area contributed by atoms with E-state index in [0.717, 1.165) is 55.7 Å². The largest absolute Gasteiger partial charge is 0.508 e. The molecule has 0 fully saturated rings. The Hall–Kier alpha value is -5.48. The van der Waals surface area contributed by atoms with Crippen LogP contribution in [0, 0.1) is 0 Å². The number of phenolic OH excluding ortho intramolecular Hbond substituents is 2. The zero-order valence-corrected chi connectivity index (χ0v) is 21.6. The van der Waals surface area contributed by atoms with E-state index in [1.807, 2.05) is 48.5 Å². The molecular formula is C36H26N2O2. The zero-order valence-electron chi connectivity index (χ0n) is 21.6. The van der Waals surface area contributed by atoms with Gasteiger partial charge in [0.25, 0.3) is 0 Å². The van der Waals surface area contributed by atoms with Crippen LogP contribution >= 0.6 is 0 Å². The smallest absolute Gasteiger partial charge is 0.115 e. The predicted octanol–water partition coefficient (Wildman–Crippen LogP) is 8.23. The summed E-state index contributed by atoms with van der Waals surface area (Å²) >= 11 is 0. The van der Waals surface area contributed by atoms with Crippen LogP contribution in [0.1, 0.15) is 22.3 Å². The summed E-state index contributed by atoms with van der Waals surface area (Å²) in [5.74, 6) is 0.414. The number of nitrogens with zero attached hydrogens (tertiary/aromatic N) is 2. The summed E-state index contributed by atoms with van der Waals surface area (Å²) in [4.78, 5) is 8.28. The van der Waals surface area contributed by atoms with Gasteiger partial charge in [-0.3, -0.25) is 9.97 Å². The van der Waals surface area contributed by atoms with Gasteiger partial charge in [0.1, 0.15) is 11.5 Å². The molecule has 0 amide bonds. The molecule has 4 aromatic carbocycles. The van der Waals surface area contributed by atoms with Gasteiger partial charge < -0.3 is 10.2 Å². The maximum absolute atomic E-state index is 10.0. The fourth-order valence-corrected chi connectivity index (χ4v) is 4.91. The first kappa shape index (κ1) is 24.8. The molecule has 0 atom stereocenters. The van der Waals surface area contributed by atoms with Crippen molar-refractivity contribution in [3.63, 3.8) is 0 Å². The summed E-state index contributed by atoms with van der Waals surface area (Å²) in [7, 11) is 0. The Bertz CT molecular complexity index is 1610. The summed E-state index contributed by atoms with van der Waals surface area (Å²) in [6, 6.07) is 39.6. The van der Waals surface area contributed by atoms with Crippen molar-refractivity contribution in [2.45, 2.75) is 0 Å². The first-order valence-electron chi connectivity index (χ1n) is 13.0. The molecule has 0 aliphatic heterocycles. The van der Waals surface area contributed by atoms with Crippen molar-refractivity contribution in [1.29, 1.82) is 0 Å². The van der Waals surface area contributed by atoms with E-state index in [9.17, 15) is 10.2 Å². The van der Waals surface area contributed by atoms with Crippen molar-refractivity contribution in [3.05, 3.63) is 168 Å². The minimum Gasteiger partial charge on any atom is -0.508 e. The number of benzene rings is 4. The molecule has 0 saturated carbocycles. The van der Waals surface area contributed by atoms with Gasteiger partial charge in [-0.2, -0.15) is 0 Å². The van der Waals surface area contributed by atoms with Gasteiger partial charge in [0, 0.05) is 24.8 Å². The van der Waals surface area contributed by atoms with Gasteiger partial charge in [-0.1, -0.05) is 72.8 Å². The van der Waals surface area contributed by atoms with E-state index < -0.39 is 0 Å². The average Bonchev–Trinajstić information content (AvgIpc) is 3.02. The van der Waals surface area contributed by atoms with Crippen molar-refractivity contribution in [2.24, 2.45) is 0 Å². The average molecular weight is 519 g/mol. The highest BCUT2D eigenvalue weighted by Gasteiger charge is 2.17. The second-order valence-corrected chi connectivity index (χ2v) is 9.47. The normalized spacial score (nSPS) is 10.7. The van der Waals surface area contributed by atoms with E-state index in [1.54, 1.807) is 49.1 Å². The van der Waals surface area contributed by atoms with Gasteiger partial charge >= 0.3 is 0 Å². The first-order valence-corrected chi connectivity index (χ1v) is 13.0. The molecule has 0 radical (unpaired) electrons. The number of phenols is 2. The maximum Gasteiger partial charge on any atom is 0.115 e. The third-order valence-electron chi connectivity index (χ3n) is 6.94. The number of hydrogen-bond acceptors (Lipinski definition) is 4. The predicted molar refractivity (Wildman–Crippen MR) is 161 cm³/mol. The van der Waals surface area contributed by atoms with E-state index in [0.29, 0.717) is 0 Å². The topological polar surface area (TPSA) is 66.2 Å². The maximum atomic E-state index is 10.0. The molecule has 0 aliphatic carbocycles. The molecule has 0 spiro atoms. The Balaban J connectivity index is 1.58. The van der Waals surface area contributed by atoms with Gasteiger partial charge in [-0.25, -0.2) is 0 Å². The van der Waals surface area contributed by atoms with E-state index >= 15 is 0 Å². The Kier molecular flexibility index (Phi) is 6.89. The highest BCUT2D eigenvalue weighted by Crippen LogP contribution is 2.39. The minimum atomic E-state index is 0.207. The van der Waals surface area contributed by atoms with Gasteiger partial charge in [-0.15, -0.1) is 0 Å². The molecule has 6 rings (SSSR count). The lowest BCUT2D eigenvalue weighted by Gasteiger charge is -2.19. The van der Waals surface area contributed by atoms with Crippen LogP contribution in [0.25, 0.3) is 33.4 Å². The number of aromatic hydroxyl groups is 2. The van der Waals surface area contributed by atoms with Crippen molar-refractivity contribution in [3.8, 4) is 33.8 Å². The monoisotopic (exact) mass is 518 g/mol. The fourth-order valence-electron chi connectivity index (χ4n) is 4.91. The van der Waals surface area contributed by atoms with Crippen molar-refractivity contribution in [1.82, 2.24) is 9.97 Å². The van der Waals surface area contributed by atoms with Crippen LogP contribution in [0.4, 0.5) is 0 Å². The lowest BCUT2D eigenvalue weighted by atomic mass is 9.85. The highest BCUT2D eigenvalue weighted by atomic mass is 16.3. The van der Waals surface area contributed by atoms with Crippen LogP contribution in [0.15, 0.2) is 146 Å². The quantitative estimate of drug-likeness (QED) is 0.218. The van der Waals surface area contributed by atoms with Crippen LogP contribution in [0.2, 0.25) is 0 Å². The van der Waals surface area contributed by atoms with Gasteiger partial charge in [-0.05, 0) is 104 Å². The second kappa shape index (κ2) is 11.1. The van der Waals surface area contributed by atoms with Crippen LogP contribution in [0.5, 0.6) is 11.5 Å². The number of aromatic nitrogens is 2. The Morgan fingerprint density at radius 3 is 0.875 bits per heavy atom. The first-order chi connectivity index (χ1) is 19.7. The van der Waals surface area contributed by atoms with E-state index in [2.05, 4.69) is 58.5 Å². The molecule has 40 heavy (non-hydrogen) atoms. The van der Waals surface area contributed by atoms with Crippen molar-refractivity contribution < 1.29 is 10.2 Å². The Morgan fingerprint density at radius 1 is 0.325 bits per heavy atom. The molecule has 0 aliphatic rings. The number of rotatable bonds is 6. The van der Waals surface area contributed by atoms with Crippen LogP contribution in [0.3, 0.4) is 0 Å². The third-order valence-corrected chi connectivity index (χ3v) is 6.94. The molecule has 2 aromatic heterocycles. The molecule has 4 nitrogen and oxygen atoms in total. The third kappa shape index (κ3) is 5.24. The fraction of sp³-hybridized carbons (Fsp3) is 0. The van der Waals surface area contributed by atoms with Crippen LogP contribution in [-0.2, 0) is 0 Å². The highest BCUT2D eigenvalue weighted by molar-refractivity contribution is 6.05. The van der Waals surface area contributed by atoms with Gasteiger partial charge in [0.15, 0.2) is 0 Å². The summed E-state index contributed by atoms with van der Waals surface area (Å²) in [6.07, 6.45) is 7.19. The van der Waals surface area contributed by atoms with E-state index in [4.69, 9.17) is 0 Å². The number of hydrogen-bond donors (Lipinski definition) is 2. The Labute approximate surface area is 233 Å². The van der Waals surface area contributed by atoms with Crippen molar-refractivity contribution in [2.75, 3.05) is 0 Å². The summed E-state index contributed by atoms with van der Waals surface area (Å²) in [6.45, 7) is 0. The molecule has 2 heterocycles. The molecule has 192 valence electrons. The SMILES string of the molecule is Oc1ccc(C(=C(c2ccc(-c3ccncc3)cc2)c2ccc(-c3ccncc3)cc2)c2ccc(O)cc2)cc1.